The zero-order valence-corrected chi connectivity index (χ0v) is 10.4. The third-order valence-corrected chi connectivity index (χ3v) is 2.80. The van der Waals surface area contributed by atoms with Crippen molar-refractivity contribution in [3.05, 3.63) is 0 Å². The van der Waals surface area contributed by atoms with Gasteiger partial charge in [-0.25, -0.2) is 0 Å². The highest BCUT2D eigenvalue weighted by molar-refractivity contribution is 5.88. The highest BCUT2D eigenvalue weighted by atomic mass is 19.4. The molecule has 0 saturated carbocycles. The Kier molecular flexibility index (Phi) is 4.59. The van der Waals surface area contributed by atoms with E-state index in [2.05, 4.69) is 0 Å². The second-order valence-corrected chi connectivity index (χ2v) is 4.68. The smallest absolute Gasteiger partial charge is 0.345 e. The summed E-state index contributed by atoms with van der Waals surface area (Å²) < 4.78 is 36.0. The normalized spacial score (nSPS) is 20.3. The van der Waals surface area contributed by atoms with Crippen molar-refractivity contribution >= 4 is 11.8 Å². The van der Waals surface area contributed by atoms with E-state index in [4.69, 9.17) is 0 Å². The molecule has 0 aromatic rings. The number of amides is 2. The van der Waals surface area contributed by atoms with Crippen molar-refractivity contribution in [2.45, 2.75) is 38.9 Å². The number of nitrogens with one attached hydrogen (secondary N) is 1. The lowest BCUT2D eigenvalue weighted by Gasteiger charge is -2.25. The van der Waals surface area contributed by atoms with E-state index in [1.54, 1.807) is 13.8 Å². The predicted octanol–water partition coefficient (Wildman–Crippen LogP) is 1.31. The molecule has 1 atom stereocenters. The van der Waals surface area contributed by atoms with Gasteiger partial charge in [0.15, 0.2) is 0 Å². The molecule has 4 nitrogen and oxygen atoms in total. The third kappa shape index (κ3) is 3.89. The standard InChI is InChI=1S/C11H17F3N2O2/c1-7(2)10(18)16-5-3-4-8(16)9(17)15-6-11(12,13)14/h7-8H,3-6H2,1-2H3,(H,15,17)/t8-/m0/s1. The maximum Gasteiger partial charge on any atom is 0.405 e. The Morgan fingerprint density at radius 1 is 1.39 bits per heavy atom. The molecule has 18 heavy (non-hydrogen) atoms. The average Bonchev–Trinajstić information content (AvgIpc) is 2.72. The van der Waals surface area contributed by atoms with E-state index < -0.39 is 24.7 Å². The molecule has 0 radical (unpaired) electrons. The van der Waals surface area contributed by atoms with Crippen molar-refractivity contribution < 1.29 is 22.8 Å². The minimum absolute atomic E-state index is 0.195. The zero-order chi connectivity index (χ0) is 13.9. The summed E-state index contributed by atoms with van der Waals surface area (Å²) in [6.45, 7) is 2.48. The maximum absolute atomic E-state index is 12.0. The predicted molar refractivity (Wildman–Crippen MR) is 58.6 cm³/mol. The van der Waals surface area contributed by atoms with Crippen molar-refractivity contribution in [1.82, 2.24) is 10.2 Å². The molecule has 1 saturated heterocycles. The van der Waals surface area contributed by atoms with Crippen LogP contribution >= 0.6 is 0 Å². The van der Waals surface area contributed by atoms with Crippen molar-refractivity contribution in [2.75, 3.05) is 13.1 Å². The first-order valence-electron chi connectivity index (χ1n) is 5.87. The topological polar surface area (TPSA) is 49.4 Å². The van der Waals surface area contributed by atoms with E-state index in [0.29, 0.717) is 19.4 Å². The molecule has 2 amide bonds. The Morgan fingerprint density at radius 3 is 2.50 bits per heavy atom. The van der Waals surface area contributed by atoms with Crippen LogP contribution < -0.4 is 5.32 Å². The van der Waals surface area contributed by atoms with Gasteiger partial charge in [0.05, 0.1) is 0 Å². The molecule has 1 rings (SSSR count). The van der Waals surface area contributed by atoms with Crippen molar-refractivity contribution in [1.29, 1.82) is 0 Å². The van der Waals surface area contributed by atoms with Gasteiger partial charge >= 0.3 is 6.18 Å². The minimum atomic E-state index is -4.43. The molecule has 0 unspecified atom stereocenters. The molecule has 1 aliphatic rings. The molecule has 1 N–H and O–H groups in total. The molecular formula is C11H17F3N2O2. The summed E-state index contributed by atoms with van der Waals surface area (Å²) >= 11 is 0. The first kappa shape index (κ1) is 14.8. The molecule has 0 aromatic heterocycles. The van der Waals surface area contributed by atoms with Gasteiger partial charge in [0.2, 0.25) is 11.8 Å². The number of likely N-dealkylation sites (tertiary alicyclic amines) is 1. The molecule has 1 fully saturated rings. The van der Waals surface area contributed by atoms with E-state index in [1.165, 1.54) is 4.90 Å². The lowest BCUT2D eigenvalue weighted by molar-refractivity contribution is -0.145. The van der Waals surface area contributed by atoms with Crippen LogP contribution in [-0.2, 0) is 9.59 Å². The fourth-order valence-electron chi connectivity index (χ4n) is 1.94. The number of nitrogens with zero attached hydrogens (tertiary/aromatic N) is 1. The summed E-state index contributed by atoms with van der Waals surface area (Å²) in [6, 6.07) is -0.762. The highest BCUT2D eigenvalue weighted by Crippen LogP contribution is 2.20. The van der Waals surface area contributed by atoms with Crippen LogP contribution in [0.3, 0.4) is 0 Å². The second kappa shape index (κ2) is 5.58. The lowest BCUT2D eigenvalue weighted by atomic mass is 10.1. The fourth-order valence-corrected chi connectivity index (χ4v) is 1.94. The molecule has 0 bridgehead atoms. The number of halogens is 3. The van der Waals surface area contributed by atoms with E-state index in [-0.39, 0.29) is 11.8 Å². The molecule has 104 valence electrons. The van der Waals surface area contributed by atoms with Gasteiger partial charge < -0.3 is 10.2 Å². The molecule has 0 aromatic carbocycles. The van der Waals surface area contributed by atoms with Crippen molar-refractivity contribution in [3.8, 4) is 0 Å². The van der Waals surface area contributed by atoms with Gasteiger partial charge in [-0.15, -0.1) is 0 Å². The van der Waals surface area contributed by atoms with Crippen LogP contribution in [0.15, 0.2) is 0 Å². The van der Waals surface area contributed by atoms with E-state index in [1.807, 2.05) is 5.32 Å². The van der Waals surface area contributed by atoms with Crippen LogP contribution in [0.1, 0.15) is 26.7 Å². The van der Waals surface area contributed by atoms with E-state index in [9.17, 15) is 22.8 Å². The van der Waals surface area contributed by atoms with Gasteiger partial charge in [-0.2, -0.15) is 13.2 Å². The van der Waals surface area contributed by atoms with Gasteiger partial charge in [0.1, 0.15) is 12.6 Å². The number of alkyl halides is 3. The third-order valence-electron chi connectivity index (χ3n) is 2.80. The fraction of sp³-hybridized carbons (Fsp3) is 0.818. The van der Waals surface area contributed by atoms with Crippen LogP contribution in [0.25, 0.3) is 0 Å². The summed E-state index contributed by atoms with van der Waals surface area (Å²) in [5, 5.41) is 1.83. The number of carbonyl (C=O) groups excluding carboxylic acids is 2. The van der Waals surface area contributed by atoms with Crippen molar-refractivity contribution in [3.63, 3.8) is 0 Å². The van der Waals surface area contributed by atoms with E-state index in [0.717, 1.165) is 0 Å². The maximum atomic E-state index is 12.0. The van der Waals surface area contributed by atoms with Gasteiger partial charge in [-0.3, -0.25) is 9.59 Å². The summed E-state index contributed by atoms with van der Waals surface area (Å²) in [7, 11) is 0. The Morgan fingerprint density at radius 2 is 2.00 bits per heavy atom. The number of hydrogen-bond acceptors (Lipinski definition) is 2. The number of carbonyl (C=O) groups is 2. The van der Waals surface area contributed by atoms with Crippen LogP contribution in [0.2, 0.25) is 0 Å². The first-order chi connectivity index (χ1) is 8.22. The van der Waals surface area contributed by atoms with Crippen LogP contribution in [0.5, 0.6) is 0 Å². The van der Waals surface area contributed by atoms with E-state index >= 15 is 0 Å². The van der Waals surface area contributed by atoms with Gasteiger partial charge in [-0.05, 0) is 12.8 Å². The molecule has 0 aliphatic carbocycles. The molecule has 1 aliphatic heterocycles. The summed E-state index contributed by atoms with van der Waals surface area (Å²) in [5.74, 6) is -1.18. The second-order valence-electron chi connectivity index (χ2n) is 4.68. The Bertz CT molecular complexity index is 329. The van der Waals surface area contributed by atoms with Gasteiger partial charge in [-0.1, -0.05) is 13.8 Å². The summed E-state index contributed by atoms with van der Waals surface area (Å²) in [6.07, 6.45) is -3.37. The van der Waals surface area contributed by atoms with Crippen LogP contribution in [0, 0.1) is 5.92 Å². The largest absolute Gasteiger partial charge is 0.405 e. The molecular weight excluding hydrogens is 249 g/mol. The Labute approximate surface area is 104 Å². The van der Waals surface area contributed by atoms with Gasteiger partial charge in [0.25, 0.3) is 0 Å². The van der Waals surface area contributed by atoms with Crippen molar-refractivity contribution in [2.24, 2.45) is 5.92 Å². The van der Waals surface area contributed by atoms with Crippen LogP contribution in [-0.4, -0.2) is 42.0 Å². The van der Waals surface area contributed by atoms with Gasteiger partial charge in [0, 0.05) is 12.5 Å². The minimum Gasteiger partial charge on any atom is -0.345 e. The number of hydrogen-bond donors (Lipinski definition) is 1. The van der Waals surface area contributed by atoms with Crippen LogP contribution in [0.4, 0.5) is 13.2 Å². The Balaban J connectivity index is 2.59. The summed E-state index contributed by atoms with van der Waals surface area (Å²) in [5.41, 5.74) is 0. The average molecular weight is 266 g/mol. The molecule has 0 spiro atoms. The SMILES string of the molecule is CC(C)C(=O)N1CCC[C@H]1C(=O)NCC(F)(F)F. The quantitative estimate of drug-likeness (QED) is 0.837. The number of rotatable bonds is 3. The zero-order valence-electron chi connectivity index (χ0n) is 10.4. The summed E-state index contributed by atoms with van der Waals surface area (Å²) in [4.78, 5) is 24.8. The molecule has 7 heteroatoms. The Hall–Kier alpha value is -1.27. The monoisotopic (exact) mass is 266 g/mol. The lowest BCUT2D eigenvalue weighted by Crippen LogP contribution is -2.48. The highest BCUT2D eigenvalue weighted by Gasteiger charge is 2.36. The first-order valence-corrected chi connectivity index (χ1v) is 5.87. The molecule has 1 heterocycles.